The first kappa shape index (κ1) is 13.2. The van der Waals surface area contributed by atoms with Crippen molar-refractivity contribution >= 4 is 0 Å². The van der Waals surface area contributed by atoms with E-state index in [-0.39, 0.29) is 24.0 Å². The van der Waals surface area contributed by atoms with Crippen LogP contribution in [0, 0.1) is 0 Å². The summed E-state index contributed by atoms with van der Waals surface area (Å²) in [4.78, 5) is 0. The first-order valence-corrected chi connectivity index (χ1v) is 5.52. The lowest BCUT2D eigenvalue weighted by Gasteiger charge is -1.94. The molecule has 2 rings (SSSR count). The van der Waals surface area contributed by atoms with E-state index in [4.69, 9.17) is 0 Å². The molecule has 0 N–H and O–H groups in total. The van der Waals surface area contributed by atoms with Crippen molar-refractivity contribution in [1.82, 2.24) is 4.57 Å². The Morgan fingerprint density at radius 2 is 1.94 bits per heavy atom. The molecule has 0 amide bonds. The second-order valence-corrected chi connectivity index (χ2v) is 3.75. The van der Waals surface area contributed by atoms with E-state index >= 15 is 0 Å². The van der Waals surface area contributed by atoms with Gasteiger partial charge in [0.2, 0.25) is 6.33 Å². The number of para-hydroxylation sites is 1. The minimum atomic E-state index is 0. The zero-order valence-electron chi connectivity index (χ0n) is 9.51. The van der Waals surface area contributed by atoms with Crippen LogP contribution in [-0.2, 0) is 6.54 Å². The van der Waals surface area contributed by atoms with Crippen LogP contribution in [-0.4, -0.2) is 4.57 Å². The lowest BCUT2D eigenvalue weighted by molar-refractivity contribution is -0.696. The molecular formula is C13H17IN2. The van der Waals surface area contributed by atoms with Gasteiger partial charge in [-0.1, -0.05) is 31.5 Å². The molecule has 0 aliphatic carbocycles. The van der Waals surface area contributed by atoms with Gasteiger partial charge in [-0.2, -0.15) is 0 Å². The largest absolute Gasteiger partial charge is 1.00 e. The fraction of sp³-hybridized carbons (Fsp3) is 0.308. The summed E-state index contributed by atoms with van der Waals surface area (Å²) in [6.07, 6.45) is 8.85. The molecule has 2 nitrogen and oxygen atoms in total. The van der Waals surface area contributed by atoms with E-state index in [0.717, 1.165) is 6.54 Å². The summed E-state index contributed by atoms with van der Waals surface area (Å²) in [7, 11) is 0. The highest BCUT2D eigenvalue weighted by Gasteiger charge is 2.04. The average molecular weight is 328 g/mol. The van der Waals surface area contributed by atoms with Crippen molar-refractivity contribution in [2.75, 3.05) is 0 Å². The number of nitrogens with zero attached hydrogens (tertiary/aromatic N) is 2. The quantitative estimate of drug-likeness (QED) is 0.532. The standard InChI is InChI=1S/C13H17N2.HI/c1-2-3-9-14-10-11-15(12-14)13-7-5-4-6-8-13;/h4-8,10-12H,2-3,9H2,1H3;1H/q+1;/p-1. The molecular weight excluding hydrogens is 311 g/mol. The highest BCUT2D eigenvalue weighted by atomic mass is 127. The molecule has 16 heavy (non-hydrogen) atoms. The Bertz CT molecular complexity index is 409. The Morgan fingerprint density at radius 3 is 2.62 bits per heavy atom. The van der Waals surface area contributed by atoms with Gasteiger partial charge >= 0.3 is 0 Å². The number of rotatable bonds is 4. The summed E-state index contributed by atoms with van der Waals surface area (Å²) < 4.78 is 4.38. The molecule has 3 heteroatoms. The third-order valence-corrected chi connectivity index (χ3v) is 2.52. The van der Waals surface area contributed by atoms with Crippen molar-refractivity contribution in [2.45, 2.75) is 26.3 Å². The predicted molar refractivity (Wildman–Crippen MR) is 60.9 cm³/mol. The van der Waals surface area contributed by atoms with E-state index in [0.29, 0.717) is 0 Å². The van der Waals surface area contributed by atoms with E-state index in [1.54, 1.807) is 0 Å². The van der Waals surface area contributed by atoms with Crippen molar-refractivity contribution in [3.8, 4) is 5.69 Å². The molecule has 0 spiro atoms. The van der Waals surface area contributed by atoms with Crippen LogP contribution in [0.3, 0.4) is 0 Å². The van der Waals surface area contributed by atoms with Gasteiger partial charge in [0, 0.05) is 0 Å². The zero-order chi connectivity index (χ0) is 10.5. The summed E-state index contributed by atoms with van der Waals surface area (Å²) in [6.45, 7) is 3.32. The molecule has 0 aliphatic rings. The lowest BCUT2D eigenvalue weighted by atomic mass is 10.3. The van der Waals surface area contributed by atoms with Gasteiger partial charge in [-0.05, 0) is 18.6 Å². The third-order valence-electron chi connectivity index (χ3n) is 2.52. The van der Waals surface area contributed by atoms with Crippen LogP contribution in [0.15, 0.2) is 49.1 Å². The number of hydrogen-bond acceptors (Lipinski definition) is 0. The van der Waals surface area contributed by atoms with E-state index in [1.165, 1.54) is 18.5 Å². The first-order chi connectivity index (χ1) is 7.40. The summed E-state index contributed by atoms with van der Waals surface area (Å²) in [5.74, 6) is 0. The topological polar surface area (TPSA) is 8.81 Å². The average Bonchev–Trinajstić information content (AvgIpc) is 2.76. The molecule has 0 saturated carbocycles. The minimum Gasteiger partial charge on any atom is -1.00 e. The Kier molecular flexibility index (Phi) is 5.52. The van der Waals surface area contributed by atoms with Crippen LogP contribution in [0.25, 0.3) is 5.69 Å². The number of benzene rings is 1. The molecule has 0 fully saturated rings. The monoisotopic (exact) mass is 328 g/mol. The second kappa shape index (κ2) is 6.68. The molecule has 1 aromatic heterocycles. The van der Waals surface area contributed by atoms with E-state index in [9.17, 15) is 0 Å². The van der Waals surface area contributed by atoms with Crippen LogP contribution in [0.4, 0.5) is 0 Å². The summed E-state index contributed by atoms with van der Waals surface area (Å²) in [5, 5.41) is 0. The summed E-state index contributed by atoms with van der Waals surface area (Å²) in [6, 6.07) is 10.4. The maximum Gasteiger partial charge on any atom is 0.248 e. The maximum absolute atomic E-state index is 2.23. The first-order valence-electron chi connectivity index (χ1n) is 5.52. The molecule has 1 aromatic carbocycles. The van der Waals surface area contributed by atoms with Gasteiger partial charge in [-0.25, -0.2) is 9.13 Å². The van der Waals surface area contributed by atoms with Gasteiger partial charge in [-0.15, -0.1) is 0 Å². The highest BCUT2D eigenvalue weighted by molar-refractivity contribution is 5.30. The Balaban J connectivity index is 0.00000128. The van der Waals surface area contributed by atoms with E-state index in [2.05, 4.69) is 59.0 Å². The SMILES string of the molecule is CCCC[n+]1ccn(-c2ccccc2)c1.[I-]. The normalized spacial score (nSPS) is 9.81. The number of hydrogen-bond donors (Lipinski definition) is 0. The van der Waals surface area contributed by atoms with Gasteiger partial charge in [0.15, 0.2) is 0 Å². The maximum atomic E-state index is 2.23. The van der Waals surface area contributed by atoms with Gasteiger partial charge in [0.1, 0.15) is 18.1 Å². The van der Waals surface area contributed by atoms with Crippen LogP contribution < -0.4 is 28.5 Å². The van der Waals surface area contributed by atoms with Crippen LogP contribution in [0.5, 0.6) is 0 Å². The van der Waals surface area contributed by atoms with Gasteiger partial charge < -0.3 is 24.0 Å². The molecule has 0 unspecified atom stereocenters. The smallest absolute Gasteiger partial charge is 0.248 e. The molecule has 86 valence electrons. The van der Waals surface area contributed by atoms with Gasteiger partial charge in [0.25, 0.3) is 0 Å². The number of aromatic nitrogens is 2. The molecule has 1 heterocycles. The molecule has 0 radical (unpaired) electrons. The van der Waals surface area contributed by atoms with Gasteiger partial charge in [0.05, 0.1) is 6.54 Å². The Hall–Kier alpha value is -0.840. The molecule has 0 saturated heterocycles. The van der Waals surface area contributed by atoms with Crippen molar-refractivity contribution in [3.63, 3.8) is 0 Å². The molecule has 2 aromatic rings. The van der Waals surface area contributed by atoms with Crippen molar-refractivity contribution in [3.05, 3.63) is 49.1 Å². The second-order valence-electron chi connectivity index (χ2n) is 3.75. The predicted octanol–water partition coefficient (Wildman–Crippen LogP) is -0.431. The molecule has 0 aliphatic heterocycles. The third kappa shape index (κ3) is 3.33. The van der Waals surface area contributed by atoms with Crippen molar-refractivity contribution < 1.29 is 28.5 Å². The molecule has 0 atom stereocenters. The summed E-state index contributed by atoms with van der Waals surface area (Å²) in [5.41, 5.74) is 1.22. The minimum absolute atomic E-state index is 0. The lowest BCUT2D eigenvalue weighted by Crippen LogP contribution is -3.00. The number of unbranched alkanes of at least 4 members (excludes halogenated alkanes) is 1. The molecule has 0 bridgehead atoms. The van der Waals surface area contributed by atoms with Crippen molar-refractivity contribution in [2.24, 2.45) is 0 Å². The Labute approximate surface area is 114 Å². The Morgan fingerprint density at radius 1 is 1.19 bits per heavy atom. The fourth-order valence-electron chi connectivity index (χ4n) is 1.62. The number of aryl methyl sites for hydroxylation is 1. The van der Waals surface area contributed by atoms with Gasteiger partial charge in [-0.3, -0.25) is 0 Å². The summed E-state index contributed by atoms with van der Waals surface area (Å²) >= 11 is 0. The zero-order valence-corrected chi connectivity index (χ0v) is 11.7. The van der Waals surface area contributed by atoms with Crippen LogP contribution >= 0.6 is 0 Å². The van der Waals surface area contributed by atoms with Crippen molar-refractivity contribution in [1.29, 1.82) is 0 Å². The van der Waals surface area contributed by atoms with Crippen LogP contribution in [0.2, 0.25) is 0 Å². The van der Waals surface area contributed by atoms with E-state index in [1.807, 2.05) is 6.07 Å². The fourth-order valence-corrected chi connectivity index (χ4v) is 1.62. The highest BCUT2D eigenvalue weighted by Crippen LogP contribution is 2.04. The van der Waals surface area contributed by atoms with Crippen LogP contribution in [0.1, 0.15) is 19.8 Å². The number of halogens is 1. The van der Waals surface area contributed by atoms with E-state index < -0.39 is 0 Å². The number of imidazole rings is 1.